The molecule has 0 saturated carbocycles. The molecule has 0 amide bonds. The van der Waals surface area contributed by atoms with Gasteiger partial charge in [0.05, 0.1) is 0 Å². The van der Waals surface area contributed by atoms with Crippen molar-refractivity contribution < 1.29 is 19.2 Å². The van der Waals surface area contributed by atoms with Gasteiger partial charge in [0.15, 0.2) is 0 Å². The van der Waals surface area contributed by atoms with Gasteiger partial charge < -0.3 is 0 Å². The third-order valence-corrected chi connectivity index (χ3v) is 7.16. The summed E-state index contributed by atoms with van der Waals surface area (Å²) >= 11 is -4.23. The molecule has 0 aliphatic rings. The van der Waals surface area contributed by atoms with Crippen LogP contribution in [0.1, 0.15) is 0 Å². The van der Waals surface area contributed by atoms with E-state index < -0.39 is 21.2 Å². The Morgan fingerprint density at radius 1 is 0.667 bits per heavy atom. The first-order valence-corrected chi connectivity index (χ1v) is 11.1. The molecule has 48 valence electrons. The zero-order chi connectivity index (χ0) is 7.33. The van der Waals surface area contributed by atoms with Crippen molar-refractivity contribution in [1.29, 1.82) is 0 Å². The fourth-order valence-corrected chi connectivity index (χ4v) is 1.46. The molecule has 0 spiro atoms. The molecule has 0 heterocycles. The van der Waals surface area contributed by atoms with Crippen LogP contribution in [-0.4, -0.2) is 36.6 Å². The van der Waals surface area contributed by atoms with E-state index in [0.29, 0.717) is 0 Å². The summed E-state index contributed by atoms with van der Waals surface area (Å²) < 4.78 is 0.889. The maximum atomic E-state index is 9.93. The SMILES string of the molecule is O=[CH][Pb]([CH]=O)([CH]=O)[CH]=O. The standard InChI is InChI=1S/4CHO.Pb/c4*1-2;/h4*1H;. The second-order valence-corrected chi connectivity index (χ2v) is 12.9. The van der Waals surface area contributed by atoms with Crippen LogP contribution in [0.2, 0.25) is 0 Å². The zero-order valence-electron chi connectivity index (χ0n) is 4.44. The molecule has 0 aromatic heterocycles. The molecule has 0 atom stereocenters. The van der Waals surface area contributed by atoms with Crippen LogP contribution in [0.5, 0.6) is 0 Å². The molecule has 0 aromatic rings. The summed E-state index contributed by atoms with van der Waals surface area (Å²) in [6, 6.07) is 0. The van der Waals surface area contributed by atoms with Crippen LogP contribution in [0.3, 0.4) is 0 Å². The zero-order valence-corrected chi connectivity index (χ0v) is 8.33. The van der Waals surface area contributed by atoms with E-state index in [2.05, 4.69) is 0 Å². The van der Waals surface area contributed by atoms with Gasteiger partial charge in [0.2, 0.25) is 0 Å². The molecule has 0 radical (unpaired) electrons. The molecule has 0 N–H and O–H groups in total. The van der Waals surface area contributed by atoms with Crippen LogP contribution in [0, 0.1) is 0 Å². The van der Waals surface area contributed by atoms with Gasteiger partial charge in [0.25, 0.3) is 0 Å². The van der Waals surface area contributed by atoms with Crippen LogP contribution in [0.15, 0.2) is 0 Å². The Labute approximate surface area is 55.9 Å². The Morgan fingerprint density at radius 3 is 0.889 bits per heavy atom. The van der Waals surface area contributed by atoms with E-state index in [4.69, 9.17) is 0 Å². The summed E-state index contributed by atoms with van der Waals surface area (Å²) in [5.41, 5.74) is 0. The van der Waals surface area contributed by atoms with Gasteiger partial charge in [-0.1, -0.05) is 0 Å². The monoisotopic (exact) mass is 324 g/mol. The summed E-state index contributed by atoms with van der Waals surface area (Å²) in [6.45, 7) is 0. The quantitative estimate of drug-likeness (QED) is 0.468. The van der Waals surface area contributed by atoms with Crippen molar-refractivity contribution in [1.82, 2.24) is 0 Å². The normalized spacial score (nSPS) is 9.78. The third kappa shape index (κ3) is 1.77. The second kappa shape index (κ2) is 3.59. The molecule has 0 unspecified atom stereocenters. The molecule has 0 bridgehead atoms. The van der Waals surface area contributed by atoms with Crippen molar-refractivity contribution in [3.05, 3.63) is 0 Å². The fourth-order valence-electron chi connectivity index (χ4n) is 0.167. The Kier molecular flexibility index (Phi) is 3.43. The molecular formula is C4H4O4Pb. The maximum absolute atomic E-state index is 9.93. The van der Waals surface area contributed by atoms with E-state index in [1.165, 1.54) is 0 Å². The van der Waals surface area contributed by atoms with Crippen molar-refractivity contribution in [3.8, 4) is 0 Å². The number of carbonyl (C=O) groups excluding carboxylic acids is 4. The Balaban J connectivity index is 4.53. The van der Waals surface area contributed by atoms with E-state index >= 15 is 0 Å². The third-order valence-electron chi connectivity index (χ3n) is 0.816. The van der Waals surface area contributed by atoms with Crippen LogP contribution in [0.4, 0.5) is 0 Å². The first-order chi connectivity index (χ1) is 4.24. The molecular weight excluding hydrogens is 319 g/mol. The fraction of sp³-hybridized carbons (Fsp3) is 0. The first kappa shape index (κ1) is 8.60. The average molecular weight is 323 g/mol. The van der Waals surface area contributed by atoms with E-state index in [0.717, 1.165) is 0 Å². The van der Waals surface area contributed by atoms with Crippen molar-refractivity contribution in [3.63, 3.8) is 0 Å². The van der Waals surface area contributed by atoms with Gasteiger partial charge in [-0.2, -0.15) is 0 Å². The summed E-state index contributed by atoms with van der Waals surface area (Å²) in [6.07, 6.45) is 0. The summed E-state index contributed by atoms with van der Waals surface area (Å²) in [7, 11) is 0. The van der Waals surface area contributed by atoms with Crippen molar-refractivity contribution in [2.75, 3.05) is 0 Å². The van der Waals surface area contributed by atoms with Crippen LogP contribution < -0.4 is 0 Å². The summed E-state index contributed by atoms with van der Waals surface area (Å²) in [4.78, 5) is 39.7. The van der Waals surface area contributed by atoms with Crippen LogP contribution >= 0.6 is 0 Å². The van der Waals surface area contributed by atoms with Gasteiger partial charge in [-0.05, 0) is 0 Å². The van der Waals surface area contributed by atoms with Gasteiger partial charge in [0, 0.05) is 0 Å². The molecule has 5 heteroatoms. The number of rotatable bonds is 4. The second-order valence-electron chi connectivity index (χ2n) is 1.47. The van der Waals surface area contributed by atoms with E-state index in [1.807, 2.05) is 0 Å². The minimum atomic E-state index is -4.23. The molecule has 0 saturated heterocycles. The van der Waals surface area contributed by atoms with Gasteiger partial charge in [-0.25, -0.2) is 0 Å². The van der Waals surface area contributed by atoms with E-state index in [-0.39, 0.29) is 15.4 Å². The molecule has 0 aliphatic heterocycles. The van der Waals surface area contributed by atoms with Gasteiger partial charge in [0.1, 0.15) is 0 Å². The van der Waals surface area contributed by atoms with Crippen LogP contribution in [-0.2, 0) is 19.2 Å². The first-order valence-electron chi connectivity index (χ1n) is 2.10. The molecule has 0 aromatic carbocycles. The van der Waals surface area contributed by atoms with Gasteiger partial charge in [-0.15, -0.1) is 0 Å². The van der Waals surface area contributed by atoms with Crippen molar-refractivity contribution in [2.24, 2.45) is 0 Å². The predicted octanol–water partition coefficient (Wildman–Crippen LogP) is -1.48. The van der Waals surface area contributed by atoms with Gasteiger partial charge in [-0.3, -0.25) is 0 Å². The summed E-state index contributed by atoms with van der Waals surface area (Å²) in [5, 5.41) is 0. The Hall–Kier alpha value is -0.398. The number of carbonyl (C=O) groups is 4. The van der Waals surface area contributed by atoms with Gasteiger partial charge >= 0.3 is 55.7 Å². The Bertz CT molecular complexity index is 115. The molecule has 4 nitrogen and oxygen atoms in total. The molecule has 0 rings (SSSR count). The number of hydrogen-bond acceptors (Lipinski definition) is 4. The summed E-state index contributed by atoms with van der Waals surface area (Å²) in [5.74, 6) is 0. The predicted molar refractivity (Wildman–Crippen MR) is 32.8 cm³/mol. The molecule has 0 aliphatic carbocycles. The molecule has 0 fully saturated rings. The topological polar surface area (TPSA) is 68.3 Å². The van der Waals surface area contributed by atoms with Crippen LogP contribution in [0.25, 0.3) is 0 Å². The van der Waals surface area contributed by atoms with Crippen molar-refractivity contribution >= 4 is 36.6 Å². The number of hydrogen-bond donors (Lipinski definition) is 0. The average Bonchev–Trinajstić information content (AvgIpc) is 1.95. The minimum absolute atomic E-state index is 0.222. The molecule has 9 heavy (non-hydrogen) atoms. The van der Waals surface area contributed by atoms with E-state index in [9.17, 15) is 19.2 Å². The Morgan fingerprint density at radius 2 is 0.889 bits per heavy atom. The van der Waals surface area contributed by atoms with E-state index in [1.54, 1.807) is 0 Å². The van der Waals surface area contributed by atoms with Crippen molar-refractivity contribution in [2.45, 2.75) is 0 Å².